The molecule has 0 saturated carbocycles. The molecule has 0 spiro atoms. The molecule has 6 heteroatoms. The third-order valence-corrected chi connectivity index (χ3v) is 3.84. The van der Waals surface area contributed by atoms with Gasteiger partial charge in [-0.2, -0.15) is 0 Å². The van der Waals surface area contributed by atoms with E-state index in [9.17, 15) is 9.59 Å². The fraction of sp³-hybridized carbons (Fsp3) is 0.200. The van der Waals surface area contributed by atoms with Crippen LogP contribution in [0.5, 0.6) is 0 Å². The Hall–Kier alpha value is -2.79. The minimum atomic E-state index is -0.384. The summed E-state index contributed by atoms with van der Waals surface area (Å²) >= 11 is 5.87. The molecule has 1 unspecified atom stereocenters. The maximum atomic E-state index is 12.1. The van der Waals surface area contributed by atoms with Crippen LogP contribution < -0.4 is 10.6 Å². The molecule has 0 aliphatic carbocycles. The van der Waals surface area contributed by atoms with Crippen molar-refractivity contribution in [2.75, 3.05) is 11.9 Å². The van der Waals surface area contributed by atoms with Gasteiger partial charge in [0.1, 0.15) is 0 Å². The monoisotopic (exact) mass is 372 g/mol. The van der Waals surface area contributed by atoms with Gasteiger partial charge >= 0.3 is 12.0 Å². The van der Waals surface area contributed by atoms with Crippen molar-refractivity contribution in [3.8, 4) is 0 Å². The molecule has 26 heavy (non-hydrogen) atoms. The van der Waals surface area contributed by atoms with Gasteiger partial charge in [-0.25, -0.2) is 9.59 Å². The van der Waals surface area contributed by atoms with Gasteiger partial charge in [-0.05, 0) is 55.3 Å². The molecule has 0 aliphatic rings. The van der Waals surface area contributed by atoms with E-state index >= 15 is 0 Å². The Bertz CT molecular complexity index is 771. The topological polar surface area (TPSA) is 67.4 Å². The van der Waals surface area contributed by atoms with E-state index in [0.29, 0.717) is 17.3 Å². The number of carbonyl (C=O) groups is 2. The molecule has 0 bridgehead atoms. The second-order valence-corrected chi connectivity index (χ2v) is 6.02. The van der Waals surface area contributed by atoms with Crippen LogP contribution >= 0.6 is 11.6 Å². The van der Waals surface area contributed by atoms with Crippen LogP contribution in [0.2, 0.25) is 5.02 Å². The number of rotatable bonds is 6. The van der Waals surface area contributed by atoms with Crippen LogP contribution in [0.4, 0.5) is 10.5 Å². The second-order valence-electron chi connectivity index (χ2n) is 5.58. The van der Waals surface area contributed by atoms with Gasteiger partial charge in [0.05, 0.1) is 12.6 Å². The Balaban J connectivity index is 1.88. The van der Waals surface area contributed by atoms with Crippen LogP contribution in [-0.2, 0) is 9.53 Å². The zero-order chi connectivity index (χ0) is 18.9. The van der Waals surface area contributed by atoms with Gasteiger partial charge in [-0.3, -0.25) is 0 Å². The summed E-state index contributed by atoms with van der Waals surface area (Å²) in [5.41, 5.74) is 2.45. The number of hydrogen-bond acceptors (Lipinski definition) is 3. The lowest BCUT2D eigenvalue weighted by atomic mass is 10.1. The number of hydrogen-bond donors (Lipinski definition) is 2. The number of halogens is 1. The molecule has 2 N–H and O–H groups in total. The summed E-state index contributed by atoms with van der Waals surface area (Å²) in [7, 11) is 0. The third kappa shape index (κ3) is 6.26. The minimum absolute atomic E-state index is 0.154. The molecule has 5 nitrogen and oxygen atoms in total. The fourth-order valence-electron chi connectivity index (χ4n) is 2.23. The van der Waals surface area contributed by atoms with Crippen molar-refractivity contribution < 1.29 is 14.3 Å². The summed E-state index contributed by atoms with van der Waals surface area (Å²) < 4.78 is 4.82. The first-order valence-electron chi connectivity index (χ1n) is 8.26. The van der Waals surface area contributed by atoms with Gasteiger partial charge in [-0.15, -0.1) is 0 Å². The highest BCUT2D eigenvalue weighted by atomic mass is 35.5. The van der Waals surface area contributed by atoms with Crippen LogP contribution in [0.25, 0.3) is 6.08 Å². The molecule has 0 fully saturated rings. The van der Waals surface area contributed by atoms with Crippen LogP contribution in [0.15, 0.2) is 54.6 Å². The molecule has 0 saturated heterocycles. The number of benzene rings is 2. The van der Waals surface area contributed by atoms with E-state index in [4.69, 9.17) is 16.3 Å². The van der Waals surface area contributed by atoms with Crippen molar-refractivity contribution in [1.29, 1.82) is 0 Å². The lowest BCUT2D eigenvalue weighted by molar-refractivity contribution is -0.137. The van der Waals surface area contributed by atoms with E-state index in [1.807, 2.05) is 19.1 Å². The standard InChI is InChI=1S/C20H21ClN2O3/c1-3-26-19(24)13-6-15-4-11-18(12-5-15)23-20(25)22-14(2)16-7-9-17(21)10-8-16/h4-14H,3H2,1-2H3,(H2,22,23,25)/b13-6+. The zero-order valence-corrected chi connectivity index (χ0v) is 15.4. The molecule has 2 aromatic rings. The lowest BCUT2D eigenvalue weighted by Gasteiger charge is -2.15. The van der Waals surface area contributed by atoms with Crippen molar-refractivity contribution >= 4 is 35.4 Å². The Kier molecular flexibility index (Phi) is 7.24. The van der Waals surface area contributed by atoms with Crippen molar-refractivity contribution in [1.82, 2.24) is 5.32 Å². The van der Waals surface area contributed by atoms with Crippen LogP contribution in [0.3, 0.4) is 0 Å². The van der Waals surface area contributed by atoms with E-state index in [1.54, 1.807) is 49.4 Å². The summed E-state index contributed by atoms with van der Waals surface area (Å²) in [6, 6.07) is 14.0. The Labute approximate surface area is 158 Å². The van der Waals surface area contributed by atoms with Gasteiger partial charge in [0.15, 0.2) is 0 Å². The molecule has 0 radical (unpaired) electrons. The van der Waals surface area contributed by atoms with E-state index < -0.39 is 0 Å². The zero-order valence-electron chi connectivity index (χ0n) is 14.7. The number of amides is 2. The predicted molar refractivity (Wildman–Crippen MR) is 104 cm³/mol. The van der Waals surface area contributed by atoms with E-state index in [2.05, 4.69) is 10.6 Å². The number of anilines is 1. The fourth-order valence-corrected chi connectivity index (χ4v) is 2.36. The van der Waals surface area contributed by atoms with Gasteiger partial charge in [0, 0.05) is 16.8 Å². The van der Waals surface area contributed by atoms with Crippen LogP contribution in [0.1, 0.15) is 31.0 Å². The molecular formula is C20H21ClN2O3. The van der Waals surface area contributed by atoms with Crippen LogP contribution in [-0.4, -0.2) is 18.6 Å². The largest absolute Gasteiger partial charge is 0.463 e. The molecule has 2 aromatic carbocycles. The van der Waals surface area contributed by atoms with E-state index in [0.717, 1.165) is 11.1 Å². The van der Waals surface area contributed by atoms with Gasteiger partial charge < -0.3 is 15.4 Å². The Morgan fingerprint density at radius 3 is 2.38 bits per heavy atom. The predicted octanol–water partition coefficient (Wildman–Crippen LogP) is 4.80. The highest BCUT2D eigenvalue weighted by molar-refractivity contribution is 6.30. The first-order chi connectivity index (χ1) is 12.5. The molecule has 136 valence electrons. The lowest BCUT2D eigenvalue weighted by Crippen LogP contribution is -2.31. The van der Waals surface area contributed by atoms with Crippen LogP contribution in [0, 0.1) is 0 Å². The summed E-state index contributed by atoms with van der Waals surface area (Å²) in [6.07, 6.45) is 3.02. The van der Waals surface area contributed by atoms with Crippen molar-refractivity contribution in [3.63, 3.8) is 0 Å². The second kappa shape index (κ2) is 9.63. The van der Waals surface area contributed by atoms with Crippen molar-refractivity contribution in [3.05, 3.63) is 70.8 Å². The molecule has 1 atom stereocenters. The van der Waals surface area contributed by atoms with E-state index in [1.165, 1.54) is 6.08 Å². The van der Waals surface area contributed by atoms with Crippen molar-refractivity contribution in [2.45, 2.75) is 19.9 Å². The molecule has 0 heterocycles. The third-order valence-electron chi connectivity index (χ3n) is 3.58. The number of esters is 1. The highest BCUT2D eigenvalue weighted by Crippen LogP contribution is 2.16. The number of carbonyl (C=O) groups excluding carboxylic acids is 2. The molecule has 0 aromatic heterocycles. The maximum Gasteiger partial charge on any atom is 0.330 e. The molecular weight excluding hydrogens is 352 g/mol. The molecule has 0 aliphatic heterocycles. The Morgan fingerprint density at radius 1 is 1.12 bits per heavy atom. The smallest absolute Gasteiger partial charge is 0.330 e. The molecule has 2 rings (SSSR count). The van der Waals surface area contributed by atoms with Gasteiger partial charge in [0.25, 0.3) is 0 Å². The number of urea groups is 1. The summed E-state index contributed by atoms with van der Waals surface area (Å²) in [6.45, 7) is 3.99. The quantitative estimate of drug-likeness (QED) is 0.565. The summed E-state index contributed by atoms with van der Waals surface area (Å²) in [4.78, 5) is 23.4. The first kappa shape index (κ1) is 19.5. The van der Waals surface area contributed by atoms with E-state index in [-0.39, 0.29) is 18.0 Å². The molecule has 2 amide bonds. The summed E-state index contributed by atoms with van der Waals surface area (Å²) in [5, 5.41) is 6.29. The number of nitrogens with one attached hydrogen (secondary N) is 2. The minimum Gasteiger partial charge on any atom is -0.463 e. The van der Waals surface area contributed by atoms with Crippen molar-refractivity contribution in [2.24, 2.45) is 0 Å². The van der Waals surface area contributed by atoms with Gasteiger partial charge in [0.2, 0.25) is 0 Å². The maximum absolute atomic E-state index is 12.1. The average molecular weight is 373 g/mol. The average Bonchev–Trinajstić information content (AvgIpc) is 2.62. The number of ether oxygens (including phenoxy) is 1. The highest BCUT2D eigenvalue weighted by Gasteiger charge is 2.09. The SMILES string of the molecule is CCOC(=O)/C=C/c1ccc(NC(=O)NC(C)c2ccc(Cl)cc2)cc1. The summed E-state index contributed by atoms with van der Waals surface area (Å²) in [5.74, 6) is -0.384. The Morgan fingerprint density at radius 2 is 1.77 bits per heavy atom. The van der Waals surface area contributed by atoms with Gasteiger partial charge in [-0.1, -0.05) is 35.9 Å². The normalized spacial score (nSPS) is 11.8. The first-order valence-corrected chi connectivity index (χ1v) is 8.63.